The number of fused-ring (bicyclic) bond motifs is 1. The van der Waals surface area contributed by atoms with Crippen LogP contribution in [0.15, 0.2) is 18.1 Å². The zero-order chi connectivity index (χ0) is 9.26. The molecule has 1 aliphatic rings. The van der Waals surface area contributed by atoms with Gasteiger partial charge in [0.05, 0.1) is 4.34 Å². The second-order valence-electron chi connectivity index (χ2n) is 2.88. The molecule has 0 saturated carbocycles. The fraction of sp³-hybridized carbons (Fsp3) is 0.333. The predicted molar refractivity (Wildman–Crippen MR) is 61.2 cm³/mol. The summed E-state index contributed by atoms with van der Waals surface area (Å²) in [5.41, 5.74) is 1.43. The Labute approximate surface area is 91.5 Å². The van der Waals surface area contributed by atoms with Crippen LogP contribution in [0, 0.1) is 0 Å². The van der Waals surface area contributed by atoms with Crippen LogP contribution in [-0.2, 0) is 13.0 Å². The van der Waals surface area contributed by atoms with Crippen LogP contribution in [0.4, 0.5) is 0 Å². The van der Waals surface area contributed by atoms with Gasteiger partial charge in [0.1, 0.15) is 0 Å². The first-order valence-corrected chi connectivity index (χ1v) is 6.12. The molecule has 1 nitrogen and oxygen atoms in total. The lowest BCUT2D eigenvalue weighted by atomic mass is 10.1. The third-order valence-electron chi connectivity index (χ3n) is 2.04. The summed E-state index contributed by atoms with van der Waals surface area (Å²) in [6.07, 6.45) is 1.11. The van der Waals surface area contributed by atoms with E-state index in [4.69, 9.17) is 11.6 Å². The van der Waals surface area contributed by atoms with Crippen LogP contribution in [0.25, 0.3) is 0 Å². The first-order chi connectivity index (χ1) is 6.29. The molecule has 1 aliphatic heterocycles. The molecule has 70 valence electrons. The molecular weight excluding hydrogens is 222 g/mol. The second kappa shape index (κ2) is 4.05. The third kappa shape index (κ3) is 2.10. The van der Waals surface area contributed by atoms with E-state index in [1.807, 2.05) is 5.41 Å². The molecule has 0 aliphatic carbocycles. The maximum atomic E-state index is 5.95. The minimum absolute atomic E-state index is 0.912. The average Bonchev–Trinajstić information content (AvgIpc) is 2.44. The van der Waals surface area contributed by atoms with E-state index in [0.29, 0.717) is 0 Å². The molecule has 2 rings (SSSR count). The van der Waals surface area contributed by atoms with Crippen molar-refractivity contribution in [1.82, 2.24) is 4.31 Å². The predicted octanol–water partition coefficient (Wildman–Crippen LogP) is 3.55. The lowest BCUT2D eigenvalue weighted by Crippen LogP contribution is -2.22. The summed E-state index contributed by atoms with van der Waals surface area (Å²) in [6, 6.07) is 2.09. The molecule has 2 heterocycles. The van der Waals surface area contributed by atoms with Crippen molar-refractivity contribution >= 4 is 34.9 Å². The van der Waals surface area contributed by atoms with E-state index in [1.54, 1.807) is 23.3 Å². The van der Waals surface area contributed by atoms with Crippen molar-refractivity contribution < 1.29 is 0 Å². The van der Waals surface area contributed by atoms with Crippen molar-refractivity contribution in [1.29, 1.82) is 0 Å². The van der Waals surface area contributed by atoms with Crippen LogP contribution >= 0.6 is 34.9 Å². The van der Waals surface area contributed by atoms with Gasteiger partial charge in [0.15, 0.2) is 0 Å². The van der Waals surface area contributed by atoms with Gasteiger partial charge in [0, 0.05) is 18.0 Å². The average molecular weight is 232 g/mol. The van der Waals surface area contributed by atoms with Crippen molar-refractivity contribution in [2.75, 3.05) is 6.54 Å². The van der Waals surface area contributed by atoms with Crippen molar-refractivity contribution in [2.24, 2.45) is 0 Å². The Morgan fingerprint density at radius 2 is 2.54 bits per heavy atom. The molecule has 1 aromatic heterocycles. The van der Waals surface area contributed by atoms with Crippen LogP contribution in [0.5, 0.6) is 0 Å². The normalized spacial score (nSPS) is 17.0. The van der Waals surface area contributed by atoms with Crippen LogP contribution in [-0.4, -0.2) is 10.8 Å². The minimum Gasteiger partial charge on any atom is -0.241 e. The van der Waals surface area contributed by atoms with E-state index in [0.717, 1.165) is 23.8 Å². The molecule has 1 aromatic rings. The zero-order valence-corrected chi connectivity index (χ0v) is 9.51. The van der Waals surface area contributed by atoms with Gasteiger partial charge in [-0.15, -0.1) is 11.3 Å². The summed E-state index contributed by atoms with van der Waals surface area (Å²) >= 11 is 9.33. The number of thiophene rings is 1. The summed E-state index contributed by atoms with van der Waals surface area (Å²) in [5.74, 6) is 0. The molecule has 0 aromatic carbocycles. The third-order valence-corrected chi connectivity index (χ3v) is 4.09. The Kier molecular flexibility index (Phi) is 2.99. The van der Waals surface area contributed by atoms with Crippen molar-refractivity contribution in [3.8, 4) is 0 Å². The topological polar surface area (TPSA) is 3.24 Å². The quantitative estimate of drug-likeness (QED) is 0.717. The molecule has 0 spiro atoms. The number of rotatable bonds is 2. The monoisotopic (exact) mass is 231 g/mol. The smallest absolute Gasteiger partial charge is 0.0934 e. The zero-order valence-electron chi connectivity index (χ0n) is 7.12. The van der Waals surface area contributed by atoms with Gasteiger partial charge < -0.3 is 0 Å². The molecule has 4 heteroatoms. The fourth-order valence-corrected chi connectivity index (χ4v) is 3.51. The van der Waals surface area contributed by atoms with Crippen LogP contribution in [0.1, 0.15) is 10.4 Å². The second-order valence-corrected chi connectivity index (χ2v) is 5.71. The van der Waals surface area contributed by atoms with Gasteiger partial charge in [-0.3, -0.25) is 0 Å². The lowest BCUT2D eigenvalue weighted by molar-refractivity contribution is 0.453. The molecular formula is C9H10ClNS2. The van der Waals surface area contributed by atoms with Crippen molar-refractivity contribution in [3.05, 3.63) is 32.8 Å². The summed E-state index contributed by atoms with van der Waals surface area (Å²) in [5, 5.41) is 1.88. The Balaban J connectivity index is 2.14. The fourth-order valence-electron chi connectivity index (χ4n) is 1.46. The van der Waals surface area contributed by atoms with E-state index >= 15 is 0 Å². The van der Waals surface area contributed by atoms with Crippen LogP contribution < -0.4 is 0 Å². The molecule has 0 radical (unpaired) electrons. The molecule has 13 heavy (non-hydrogen) atoms. The maximum Gasteiger partial charge on any atom is 0.0934 e. The standard InChI is InChI=1S/C9H10ClNS2/c1-2-12-11-4-3-7-5-9(10)13-8(7)6-11/h2,5H,1,3-4,6H2. The van der Waals surface area contributed by atoms with Gasteiger partial charge in [-0.25, -0.2) is 4.31 Å². The molecule has 0 amide bonds. The summed E-state index contributed by atoms with van der Waals surface area (Å²) in [7, 11) is 0. The van der Waals surface area contributed by atoms with E-state index in [1.165, 1.54) is 10.4 Å². The molecule has 0 saturated heterocycles. The Bertz CT molecular complexity index is 321. The van der Waals surface area contributed by atoms with Crippen molar-refractivity contribution in [2.45, 2.75) is 13.0 Å². The Hall–Kier alpha value is 0.0400. The van der Waals surface area contributed by atoms with Crippen molar-refractivity contribution in [3.63, 3.8) is 0 Å². The molecule has 0 bridgehead atoms. The highest BCUT2D eigenvalue weighted by molar-refractivity contribution is 7.99. The van der Waals surface area contributed by atoms with Gasteiger partial charge in [-0.05, 0) is 23.5 Å². The van der Waals surface area contributed by atoms with Gasteiger partial charge >= 0.3 is 0 Å². The summed E-state index contributed by atoms with van der Waals surface area (Å²) in [6.45, 7) is 5.81. The highest BCUT2D eigenvalue weighted by Gasteiger charge is 2.18. The van der Waals surface area contributed by atoms with E-state index in [2.05, 4.69) is 17.0 Å². The first kappa shape index (κ1) is 9.59. The van der Waals surface area contributed by atoms with E-state index < -0.39 is 0 Å². The number of halogens is 1. The van der Waals surface area contributed by atoms with E-state index in [9.17, 15) is 0 Å². The SMILES string of the molecule is C=CSN1CCc2cc(Cl)sc2C1. The largest absolute Gasteiger partial charge is 0.241 e. The molecule has 0 unspecified atom stereocenters. The first-order valence-electron chi connectivity index (χ1n) is 4.09. The molecule has 0 fully saturated rings. The number of nitrogens with zero attached hydrogens (tertiary/aromatic N) is 1. The summed E-state index contributed by atoms with van der Waals surface area (Å²) in [4.78, 5) is 1.41. The molecule has 0 atom stereocenters. The highest BCUT2D eigenvalue weighted by atomic mass is 35.5. The summed E-state index contributed by atoms with van der Waals surface area (Å²) < 4.78 is 3.22. The Morgan fingerprint density at radius 1 is 1.69 bits per heavy atom. The Morgan fingerprint density at radius 3 is 3.31 bits per heavy atom. The van der Waals surface area contributed by atoms with Gasteiger partial charge in [0.2, 0.25) is 0 Å². The minimum atomic E-state index is 0.912. The maximum absolute atomic E-state index is 5.95. The van der Waals surface area contributed by atoms with Crippen LogP contribution in [0.2, 0.25) is 4.34 Å². The highest BCUT2D eigenvalue weighted by Crippen LogP contribution is 2.33. The van der Waals surface area contributed by atoms with E-state index in [-0.39, 0.29) is 0 Å². The van der Waals surface area contributed by atoms with Gasteiger partial charge in [-0.1, -0.05) is 30.1 Å². The number of hydrogen-bond donors (Lipinski definition) is 0. The van der Waals surface area contributed by atoms with Gasteiger partial charge in [-0.2, -0.15) is 0 Å². The lowest BCUT2D eigenvalue weighted by Gasteiger charge is -2.23. The van der Waals surface area contributed by atoms with Crippen LogP contribution in [0.3, 0.4) is 0 Å². The van der Waals surface area contributed by atoms with Gasteiger partial charge in [0.25, 0.3) is 0 Å². The molecule has 0 N–H and O–H groups in total. The number of hydrogen-bond acceptors (Lipinski definition) is 3.